The normalized spacial score (nSPS) is 8.38. The Labute approximate surface area is 146 Å². The quantitative estimate of drug-likeness (QED) is 0.308. The average molecular weight is 405 g/mol. The predicted octanol–water partition coefficient (Wildman–Crippen LogP) is 0.0940. The number of nitrogens with zero attached hydrogens (tertiary/aromatic N) is 2. The summed E-state index contributed by atoms with van der Waals surface area (Å²) in [7, 11) is 0. The summed E-state index contributed by atoms with van der Waals surface area (Å²) < 4.78 is 0. The van der Waals surface area contributed by atoms with Crippen molar-refractivity contribution in [2.45, 2.75) is 39.5 Å². The van der Waals surface area contributed by atoms with E-state index in [0.29, 0.717) is 0 Å². The van der Waals surface area contributed by atoms with Crippen LogP contribution in [0.1, 0.15) is 39.5 Å². The molecule has 0 bridgehead atoms. The van der Waals surface area contributed by atoms with Crippen LogP contribution in [0, 0.1) is 13.8 Å². The molecule has 0 aromatic heterocycles. The number of aliphatic carboxylic acids is 2. The van der Waals surface area contributed by atoms with Gasteiger partial charge in [0, 0.05) is 11.9 Å². The summed E-state index contributed by atoms with van der Waals surface area (Å²) in [4.78, 5) is 19.6. The molecule has 0 radical (unpaired) electrons. The van der Waals surface area contributed by atoms with Crippen LogP contribution in [0.4, 0.5) is 0 Å². The first-order valence-electron chi connectivity index (χ1n) is 6.70. The number of carboxylic acid groups (broad SMARTS) is 2. The Balaban J connectivity index is -0.000000134. The van der Waals surface area contributed by atoms with Crippen molar-refractivity contribution in [1.29, 1.82) is 0 Å². The summed E-state index contributed by atoms with van der Waals surface area (Å²) in [6.07, 6.45) is 4.56. The average Bonchev–Trinajstić information content (AvgIpc) is 2.42. The zero-order valence-corrected chi connectivity index (χ0v) is 16.0. The van der Waals surface area contributed by atoms with E-state index < -0.39 is 11.9 Å². The fourth-order valence-electron chi connectivity index (χ4n) is 0.482. The van der Waals surface area contributed by atoms with Gasteiger partial charge in [-0.15, -0.1) is 13.1 Å². The van der Waals surface area contributed by atoms with Crippen molar-refractivity contribution < 1.29 is 19.8 Å². The fourth-order valence-corrected chi connectivity index (χ4v) is 0.482. The van der Waals surface area contributed by atoms with Crippen LogP contribution in [0.2, 0.25) is 0 Å². The second-order valence-electron chi connectivity index (χ2n) is 3.66. The predicted molar refractivity (Wildman–Crippen MR) is 82.5 cm³/mol. The van der Waals surface area contributed by atoms with Gasteiger partial charge in [-0.3, -0.25) is 0 Å². The second kappa shape index (κ2) is 27.9. The van der Waals surface area contributed by atoms with Crippen LogP contribution in [0.3, 0.4) is 0 Å². The second-order valence-corrected chi connectivity index (χ2v) is 3.66. The van der Waals surface area contributed by atoms with E-state index >= 15 is 0 Å². The standard InChI is InChI=1S/C6H10N2O4.2C4H9.Sn/c9-5(10)3-7-1-2-8-4-6(11)12;2*1-3-4-2;/h1-4H2,(H,9,10)(H,11,12);2*1,3-4H2,2H3;/q-2;2*-1;+4/p-2. The van der Waals surface area contributed by atoms with Crippen molar-refractivity contribution in [3.63, 3.8) is 0 Å². The van der Waals surface area contributed by atoms with Crippen LogP contribution in [0.25, 0.3) is 10.6 Å². The third-order valence-electron chi connectivity index (χ3n) is 1.61. The van der Waals surface area contributed by atoms with Gasteiger partial charge in [0.25, 0.3) is 0 Å². The monoisotopic (exact) mass is 406 g/mol. The summed E-state index contributed by atoms with van der Waals surface area (Å²) in [5.41, 5.74) is 0. The van der Waals surface area contributed by atoms with Crippen LogP contribution < -0.4 is 10.2 Å². The van der Waals surface area contributed by atoms with Gasteiger partial charge in [0.05, 0.1) is 0 Å². The number of hydrogen-bond donors (Lipinski definition) is 0. The van der Waals surface area contributed by atoms with Crippen LogP contribution >= 0.6 is 0 Å². The molecule has 0 aliphatic carbocycles. The zero-order valence-electron chi connectivity index (χ0n) is 13.1. The molecular weight excluding hydrogens is 379 g/mol. The molecule has 0 aromatic carbocycles. The Kier molecular flexibility index (Phi) is 38.2. The number of rotatable bonds is 9. The van der Waals surface area contributed by atoms with Gasteiger partial charge in [-0.1, -0.05) is 26.7 Å². The Bertz CT molecular complexity index is 191. The molecule has 0 aliphatic rings. The van der Waals surface area contributed by atoms with E-state index in [-0.39, 0.29) is 50.1 Å². The third-order valence-corrected chi connectivity index (χ3v) is 1.61. The van der Waals surface area contributed by atoms with Gasteiger partial charge in [0.1, 0.15) is 0 Å². The summed E-state index contributed by atoms with van der Waals surface area (Å²) in [5, 5.41) is 26.6. The number of hydrogen-bond acceptors (Lipinski definition) is 4. The molecule has 0 amide bonds. The number of unbranched alkanes of at least 4 members (excludes halogenated alkanes) is 2. The van der Waals surface area contributed by atoms with Crippen molar-refractivity contribution in [3.05, 3.63) is 24.5 Å². The van der Waals surface area contributed by atoms with Crippen molar-refractivity contribution in [2.75, 3.05) is 26.2 Å². The molecule has 6 nitrogen and oxygen atoms in total. The maximum absolute atomic E-state index is 9.80. The summed E-state index contributed by atoms with van der Waals surface area (Å²) >= 11 is 0. The van der Waals surface area contributed by atoms with Crippen LogP contribution in [-0.2, 0) is 9.59 Å². The first kappa shape index (κ1) is 28.8. The topological polar surface area (TPSA) is 108 Å². The van der Waals surface area contributed by atoms with E-state index in [1.165, 1.54) is 12.8 Å². The Morgan fingerprint density at radius 3 is 1.24 bits per heavy atom. The van der Waals surface area contributed by atoms with Crippen molar-refractivity contribution >= 4 is 35.8 Å². The molecule has 0 aliphatic heterocycles. The molecule has 0 saturated carbocycles. The third kappa shape index (κ3) is 54.0. The number of carbonyl (C=O) groups excluding carboxylic acids is 2. The van der Waals surface area contributed by atoms with Crippen LogP contribution in [0.15, 0.2) is 0 Å². The van der Waals surface area contributed by atoms with Gasteiger partial charge in [-0.2, -0.15) is 25.9 Å². The van der Waals surface area contributed by atoms with E-state index in [0.717, 1.165) is 12.8 Å². The van der Waals surface area contributed by atoms with E-state index in [2.05, 4.69) is 38.3 Å². The molecular formula is C14H26N2O4Sn-2. The van der Waals surface area contributed by atoms with E-state index in [1.807, 2.05) is 0 Å². The maximum Gasteiger partial charge on any atom is 4.00 e. The Morgan fingerprint density at radius 2 is 1.10 bits per heavy atom. The van der Waals surface area contributed by atoms with Crippen LogP contribution in [-0.4, -0.2) is 62.0 Å². The molecule has 0 unspecified atom stereocenters. The minimum Gasteiger partial charge on any atom is -0.659 e. The molecule has 0 rings (SSSR count). The number of carboxylic acids is 2. The largest absolute Gasteiger partial charge is 4.00 e. The van der Waals surface area contributed by atoms with Gasteiger partial charge < -0.3 is 44.3 Å². The van der Waals surface area contributed by atoms with Crippen molar-refractivity contribution in [1.82, 2.24) is 0 Å². The molecule has 0 saturated heterocycles. The molecule has 21 heavy (non-hydrogen) atoms. The Morgan fingerprint density at radius 1 is 0.857 bits per heavy atom. The molecule has 0 atom stereocenters. The van der Waals surface area contributed by atoms with Gasteiger partial charge in [0.15, 0.2) is 0 Å². The molecule has 0 N–H and O–H groups in total. The maximum atomic E-state index is 9.80. The van der Waals surface area contributed by atoms with Gasteiger partial charge in [-0.25, -0.2) is 0 Å². The SMILES string of the molecule is O=C([O-])C[N-]CC[N-]CC(=O)[O-].[CH2-]CCC.[CH2-]CCC.[Sn+4]. The summed E-state index contributed by atoms with van der Waals surface area (Å²) in [6.45, 7) is 11.1. The molecule has 0 aromatic rings. The van der Waals surface area contributed by atoms with Crippen molar-refractivity contribution in [2.24, 2.45) is 0 Å². The fraction of sp³-hybridized carbons (Fsp3) is 0.714. The minimum absolute atomic E-state index is 0. The van der Waals surface area contributed by atoms with Gasteiger partial charge >= 0.3 is 23.9 Å². The zero-order chi connectivity index (χ0) is 16.2. The molecule has 0 heterocycles. The number of carbonyl (C=O) groups is 2. The first-order valence-corrected chi connectivity index (χ1v) is 6.70. The first-order chi connectivity index (χ1) is 9.45. The van der Waals surface area contributed by atoms with E-state index in [4.69, 9.17) is 0 Å². The molecule has 0 fully saturated rings. The molecule has 0 spiro atoms. The minimum atomic E-state index is -1.25. The van der Waals surface area contributed by atoms with Gasteiger partial charge in [-0.05, 0) is 0 Å². The smallest absolute Gasteiger partial charge is 0.659 e. The van der Waals surface area contributed by atoms with Crippen LogP contribution in [0.5, 0.6) is 0 Å². The summed E-state index contributed by atoms with van der Waals surface area (Å²) in [5.74, 6) is -2.51. The van der Waals surface area contributed by atoms with E-state index in [1.54, 1.807) is 0 Å². The van der Waals surface area contributed by atoms with Crippen molar-refractivity contribution in [3.8, 4) is 0 Å². The summed E-state index contributed by atoms with van der Waals surface area (Å²) in [6, 6.07) is 0. The van der Waals surface area contributed by atoms with E-state index in [9.17, 15) is 19.8 Å². The molecule has 7 heteroatoms. The van der Waals surface area contributed by atoms with Gasteiger partial charge in [0.2, 0.25) is 0 Å². The Hall–Kier alpha value is -0.341. The molecule has 122 valence electrons.